The number of benzene rings is 4. The number of unbranched alkanes of at least 4 members (excludes halogenated alkanes) is 1. The summed E-state index contributed by atoms with van der Waals surface area (Å²) in [7, 11) is 0. The number of nitrogen functional groups attached to an aromatic ring is 1. The van der Waals surface area contributed by atoms with E-state index in [2.05, 4.69) is 4.98 Å². The molecule has 1 aromatic heterocycles. The van der Waals surface area contributed by atoms with E-state index in [1.54, 1.807) is 47.0 Å². The van der Waals surface area contributed by atoms with Crippen molar-refractivity contribution in [2.45, 2.75) is 58.0 Å². The summed E-state index contributed by atoms with van der Waals surface area (Å²) in [6.07, 6.45) is -3.56. The predicted molar refractivity (Wildman–Crippen MR) is 179 cm³/mol. The number of hydrogen-bond donors (Lipinski definition) is 1. The molecule has 242 valence electrons. The molecule has 9 heteroatoms. The highest BCUT2D eigenvalue weighted by Crippen LogP contribution is 2.50. The number of carbonyl (C=O) groups is 2. The van der Waals surface area contributed by atoms with E-state index in [4.69, 9.17) is 5.73 Å². The van der Waals surface area contributed by atoms with Gasteiger partial charge in [0.1, 0.15) is 6.54 Å². The van der Waals surface area contributed by atoms with Gasteiger partial charge in [-0.3, -0.25) is 14.2 Å². The topological polar surface area (TPSA) is 81.2 Å². The molecule has 6 nitrogen and oxygen atoms in total. The van der Waals surface area contributed by atoms with Gasteiger partial charge >= 0.3 is 6.18 Å². The summed E-state index contributed by atoms with van der Waals surface area (Å²) >= 11 is 0. The second-order valence-corrected chi connectivity index (χ2v) is 13.1. The van der Waals surface area contributed by atoms with Gasteiger partial charge in [-0.1, -0.05) is 101 Å². The normalized spacial score (nSPS) is 14.2. The number of carbonyl (C=O) groups excluding carboxylic acids is 2. The van der Waals surface area contributed by atoms with Crippen molar-refractivity contribution in [3.63, 3.8) is 0 Å². The highest BCUT2D eigenvalue weighted by atomic mass is 19.4. The Morgan fingerprint density at radius 1 is 0.872 bits per heavy atom. The number of imidazole rings is 1. The smallest absolute Gasteiger partial charge is 0.369 e. The molecular formula is C38H37F3N4O2. The molecule has 1 unspecified atom stereocenters. The van der Waals surface area contributed by atoms with Crippen LogP contribution in [0.2, 0.25) is 0 Å². The van der Waals surface area contributed by atoms with Gasteiger partial charge in [0.15, 0.2) is 5.78 Å². The van der Waals surface area contributed by atoms with Crippen LogP contribution in [0, 0.1) is 0 Å². The summed E-state index contributed by atoms with van der Waals surface area (Å²) in [5, 5.41) is 0. The Bertz CT molecular complexity index is 2000. The molecule has 1 aliphatic rings. The second kappa shape index (κ2) is 12.0. The maximum Gasteiger partial charge on any atom is 0.406 e. The van der Waals surface area contributed by atoms with E-state index in [1.165, 1.54) is 0 Å². The zero-order valence-electron chi connectivity index (χ0n) is 26.9. The van der Waals surface area contributed by atoms with Gasteiger partial charge in [-0.25, -0.2) is 4.98 Å². The molecule has 0 saturated heterocycles. The monoisotopic (exact) mass is 638 g/mol. The molecule has 2 N–H and O–H groups in total. The van der Waals surface area contributed by atoms with Crippen LogP contribution in [0.5, 0.6) is 0 Å². The van der Waals surface area contributed by atoms with E-state index in [-0.39, 0.29) is 29.3 Å². The van der Waals surface area contributed by atoms with Gasteiger partial charge in [-0.2, -0.15) is 13.2 Å². The molecule has 0 spiro atoms. The molecular weight excluding hydrogens is 601 g/mol. The van der Waals surface area contributed by atoms with Crippen LogP contribution in [0.15, 0.2) is 84.9 Å². The summed E-state index contributed by atoms with van der Waals surface area (Å²) in [6, 6.07) is 25.5. The van der Waals surface area contributed by atoms with Gasteiger partial charge < -0.3 is 10.6 Å². The lowest BCUT2D eigenvalue weighted by atomic mass is 9.81. The van der Waals surface area contributed by atoms with Gasteiger partial charge in [0.2, 0.25) is 11.9 Å². The first kappa shape index (κ1) is 32.0. The van der Waals surface area contributed by atoms with Gasteiger partial charge in [0.25, 0.3) is 0 Å². The van der Waals surface area contributed by atoms with Crippen molar-refractivity contribution in [2.24, 2.45) is 0 Å². The molecule has 47 heavy (non-hydrogen) atoms. The fraction of sp³-hybridized carbons (Fsp3) is 0.289. The Morgan fingerprint density at radius 2 is 1.55 bits per heavy atom. The van der Waals surface area contributed by atoms with Crippen molar-refractivity contribution >= 4 is 28.7 Å². The molecule has 1 heterocycles. The number of ketones is 1. The minimum atomic E-state index is -4.59. The fourth-order valence-electron chi connectivity index (χ4n) is 6.74. The molecule has 0 radical (unpaired) electrons. The van der Waals surface area contributed by atoms with Crippen molar-refractivity contribution in [1.82, 2.24) is 14.5 Å². The molecule has 1 aliphatic carbocycles. The summed E-state index contributed by atoms with van der Waals surface area (Å²) in [4.78, 5) is 34.8. The molecule has 0 bridgehead atoms. The molecule has 0 saturated carbocycles. The van der Waals surface area contributed by atoms with Crippen LogP contribution in [0.25, 0.3) is 27.8 Å². The largest absolute Gasteiger partial charge is 0.406 e. The zero-order valence-corrected chi connectivity index (χ0v) is 26.9. The number of fused-ring (bicyclic) bond motifs is 4. The van der Waals surface area contributed by atoms with E-state index < -0.39 is 24.5 Å². The van der Waals surface area contributed by atoms with Crippen molar-refractivity contribution in [3.8, 4) is 16.8 Å². The Morgan fingerprint density at radius 3 is 2.28 bits per heavy atom. The predicted octanol–water partition coefficient (Wildman–Crippen LogP) is 8.44. The number of alkyl halides is 3. The Kier molecular flexibility index (Phi) is 8.20. The number of para-hydroxylation sites is 2. The molecule has 5 aromatic rings. The summed E-state index contributed by atoms with van der Waals surface area (Å²) in [5.74, 6) is -1.98. The van der Waals surface area contributed by atoms with Crippen LogP contribution in [0.1, 0.15) is 79.1 Å². The first-order chi connectivity index (χ1) is 22.3. The minimum Gasteiger partial charge on any atom is -0.369 e. The number of rotatable bonds is 8. The van der Waals surface area contributed by atoms with E-state index in [9.17, 15) is 22.8 Å². The summed E-state index contributed by atoms with van der Waals surface area (Å²) in [5.41, 5.74) is 11.8. The lowest BCUT2D eigenvalue weighted by molar-refractivity contribution is -0.161. The quantitative estimate of drug-likeness (QED) is 0.173. The molecule has 6 rings (SSSR count). The molecule has 0 fully saturated rings. The van der Waals surface area contributed by atoms with Crippen LogP contribution in [-0.4, -0.2) is 45.4 Å². The first-order valence-electron chi connectivity index (χ1n) is 15.8. The van der Waals surface area contributed by atoms with Crippen molar-refractivity contribution < 1.29 is 22.8 Å². The third kappa shape index (κ3) is 5.79. The lowest BCUT2D eigenvalue weighted by Crippen LogP contribution is -2.42. The standard InChI is InChI=1S/C38H37F3N4O2/c1-5-6-21-44(22-38(39,40)41)35(47)32-24-14-8-7-13-23(24)25-19-20-27(34(46)26-15-9-10-16-28(26)37(2,3)4)33(31(25)32)45-30-18-12-11-17-29(30)43-36(45)42/h7-20,32H,5-6,21-22H2,1-4H3,(H2,42,43). The molecule has 1 atom stereocenters. The number of halogens is 3. The van der Waals surface area contributed by atoms with E-state index >= 15 is 0 Å². The molecule has 1 amide bonds. The summed E-state index contributed by atoms with van der Waals surface area (Å²) < 4.78 is 43.5. The zero-order chi connectivity index (χ0) is 33.7. The number of anilines is 1. The van der Waals surface area contributed by atoms with Crippen LogP contribution in [-0.2, 0) is 10.2 Å². The molecule has 4 aromatic carbocycles. The van der Waals surface area contributed by atoms with E-state index in [0.29, 0.717) is 51.8 Å². The highest BCUT2D eigenvalue weighted by Gasteiger charge is 2.43. The Balaban J connectivity index is 1.68. The van der Waals surface area contributed by atoms with Gasteiger partial charge in [0, 0.05) is 23.2 Å². The van der Waals surface area contributed by atoms with Gasteiger partial charge in [-0.05, 0) is 52.3 Å². The number of aromatic nitrogens is 2. The Labute approximate surface area is 272 Å². The van der Waals surface area contributed by atoms with Crippen molar-refractivity contribution in [2.75, 3.05) is 18.8 Å². The van der Waals surface area contributed by atoms with Crippen LogP contribution >= 0.6 is 0 Å². The second-order valence-electron chi connectivity index (χ2n) is 13.1. The number of amides is 1. The van der Waals surface area contributed by atoms with Crippen LogP contribution in [0.3, 0.4) is 0 Å². The maximum atomic E-state index is 14.8. The number of nitrogens with zero attached hydrogens (tertiary/aromatic N) is 3. The van der Waals surface area contributed by atoms with Crippen LogP contribution in [0.4, 0.5) is 19.1 Å². The van der Waals surface area contributed by atoms with Gasteiger partial charge in [-0.15, -0.1) is 0 Å². The third-order valence-electron chi connectivity index (χ3n) is 8.81. The number of hydrogen-bond acceptors (Lipinski definition) is 4. The lowest BCUT2D eigenvalue weighted by Gasteiger charge is -2.29. The average Bonchev–Trinajstić information content (AvgIpc) is 3.55. The Hall–Kier alpha value is -4.92. The van der Waals surface area contributed by atoms with E-state index in [0.717, 1.165) is 16.0 Å². The van der Waals surface area contributed by atoms with Crippen molar-refractivity contribution in [3.05, 3.63) is 113 Å². The van der Waals surface area contributed by atoms with Crippen molar-refractivity contribution in [1.29, 1.82) is 0 Å². The van der Waals surface area contributed by atoms with Crippen LogP contribution < -0.4 is 5.73 Å². The third-order valence-corrected chi connectivity index (χ3v) is 8.81. The SMILES string of the molecule is CCCCN(CC(F)(F)F)C(=O)C1c2ccccc2-c2ccc(C(=O)c3ccccc3C(C)(C)C)c(-n3c(N)nc4ccccc43)c21. The highest BCUT2D eigenvalue weighted by molar-refractivity contribution is 6.14. The number of nitrogens with two attached hydrogens (primary N) is 1. The summed E-state index contributed by atoms with van der Waals surface area (Å²) in [6.45, 7) is 6.53. The minimum absolute atomic E-state index is 0.0497. The molecule has 0 aliphatic heterocycles. The first-order valence-corrected chi connectivity index (χ1v) is 15.8. The fourth-order valence-corrected chi connectivity index (χ4v) is 6.74. The average molecular weight is 639 g/mol. The van der Waals surface area contributed by atoms with E-state index in [1.807, 2.05) is 70.2 Å². The maximum absolute atomic E-state index is 14.8. The van der Waals surface area contributed by atoms with Gasteiger partial charge in [0.05, 0.1) is 22.6 Å².